The molecule has 6 N–H and O–H groups in total. The fourth-order valence-corrected chi connectivity index (χ4v) is 0.781. The molecule has 5 nitrogen and oxygen atoms in total. The van der Waals surface area contributed by atoms with E-state index in [1.165, 1.54) is 0 Å². The monoisotopic (exact) mass is 178 g/mol. The molecule has 0 radical (unpaired) electrons. The van der Waals surface area contributed by atoms with Gasteiger partial charge in [0.05, 0.1) is 25.4 Å². The zero-order chi connectivity index (χ0) is 9.40. The van der Waals surface area contributed by atoms with Gasteiger partial charge in [0.1, 0.15) is 0 Å². The second-order valence-corrected chi connectivity index (χ2v) is 2.64. The molecule has 0 aliphatic carbocycles. The molecule has 0 aliphatic heterocycles. The molecule has 2 atom stereocenters. The third-order valence-electron chi connectivity index (χ3n) is 1.39. The van der Waals surface area contributed by atoms with Gasteiger partial charge in [0, 0.05) is 19.5 Å². The lowest BCUT2D eigenvalue weighted by Crippen LogP contribution is -2.28. The standard InChI is InChI=1S/C7H18N2O3/c8-1-2-12-5-7(11)3-6(10)4-9/h6-7,10-11H,1-5,8-9H2. The number of aliphatic hydroxyl groups excluding tert-OH is 2. The van der Waals surface area contributed by atoms with E-state index in [2.05, 4.69) is 0 Å². The van der Waals surface area contributed by atoms with Gasteiger partial charge in [-0.05, 0) is 0 Å². The summed E-state index contributed by atoms with van der Waals surface area (Å²) in [6.45, 7) is 1.23. The molecule has 0 saturated heterocycles. The maximum Gasteiger partial charge on any atom is 0.0798 e. The fourth-order valence-electron chi connectivity index (χ4n) is 0.781. The van der Waals surface area contributed by atoms with E-state index in [1.807, 2.05) is 0 Å². The van der Waals surface area contributed by atoms with Crippen molar-refractivity contribution in [1.82, 2.24) is 0 Å². The zero-order valence-corrected chi connectivity index (χ0v) is 7.15. The molecule has 5 heteroatoms. The number of hydrogen-bond acceptors (Lipinski definition) is 5. The van der Waals surface area contributed by atoms with Crippen LogP contribution < -0.4 is 11.5 Å². The fraction of sp³-hybridized carbons (Fsp3) is 1.00. The Bertz CT molecular complexity index is 103. The van der Waals surface area contributed by atoms with Crippen LogP contribution in [0.15, 0.2) is 0 Å². The molecule has 0 fully saturated rings. The van der Waals surface area contributed by atoms with Crippen molar-refractivity contribution in [3.63, 3.8) is 0 Å². The Morgan fingerprint density at radius 3 is 2.33 bits per heavy atom. The first-order chi connectivity index (χ1) is 5.70. The van der Waals surface area contributed by atoms with Gasteiger partial charge in [0.2, 0.25) is 0 Å². The van der Waals surface area contributed by atoms with Crippen LogP contribution in [0, 0.1) is 0 Å². The highest BCUT2D eigenvalue weighted by Crippen LogP contribution is 1.97. The quantitative estimate of drug-likeness (QED) is 0.339. The van der Waals surface area contributed by atoms with Crippen LogP contribution in [-0.4, -0.2) is 48.7 Å². The average molecular weight is 178 g/mol. The second kappa shape index (κ2) is 7.45. The molecule has 0 heterocycles. The Morgan fingerprint density at radius 1 is 1.17 bits per heavy atom. The Kier molecular flexibility index (Phi) is 7.33. The first-order valence-electron chi connectivity index (χ1n) is 4.04. The molecule has 0 amide bonds. The highest BCUT2D eigenvalue weighted by molar-refractivity contribution is 4.63. The van der Waals surface area contributed by atoms with Gasteiger partial charge in [-0.15, -0.1) is 0 Å². The second-order valence-electron chi connectivity index (χ2n) is 2.64. The molecule has 74 valence electrons. The van der Waals surface area contributed by atoms with Crippen LogP contribution in [0.1, 0.15) is 6.42 Å². The summed E-state index contributed by atoms with van der Waals surface area (Å²) in [5, 5.41) is 18.2. The van der Waals surface area contributed by atoms with E-state index >= 15 is 0 Å². The van der Waals surface area contributed by atoms with Crippen LogP contribution in [0.5, 0.6) is 0 Å². The van der Waals surface area contributed by atoms with Gasteiger partial charge in [-0.1, -0.05) is 0 Å². The summed E-state index contributed by atoms with van der Waals surface area (Å²) in [4.78, 5) is 0. The minimum absolute atomic E-state index is 0.161. The molecule has 0 aromatic carbocycles. The van der Waals surface area contributed by atoms with E-state index in [0.717, 1.165) is 0 Å². The normalized spacial score (nSPS) is 16.0. The van der Waals surface area contributed by atoms with Gasteiger partial charge < -0.3 is 26.4 Å². The van der Waals surface area contributed by atoms with Gasteiger partial charge in [-0.25, -0.2) is 0 Å². The van der Waals surface area contributed by atoms with E-state index in [0.29, 0.717) is 13.2 Å². The topological polar surface area (TPSA) is 102 Å². The summed E-state index contributed by atoms with van der Waals surface area (Å²) in [7, 11) is 0. The molecule has 0 aliphatic rings. The highest BCUT2D eigenvalue weighted by Gasteiger charge is 2.09. The van der Waals surface area contributed by atoms with Gasteiger partial charge in [0.25, 0.3) is 0 Å². The number of nitrogens with two attached hydrogens (primary N) is 2. The first kappa shape index (κ1) is 11.8. The molecule has 0 aromatic rings. The van der Waals surface area contributed by atoms with E-state index < -0.39 is 12.2 Å². The Labute approximate surface area is 72.3 Å². The first-order valence-corrected chi connectivity index (χ1v) is 4.04. The van der Waals surface area contributed by atoms with Crippen LogP contribution in [-0.2, 0) is 4.74 Å². The van der Waals surface area contributed by atoms with Gasteiger partial charge in [-0.2, -0.15) is 0 Å². The summed E-state index contributed by atoms with van der Waals surface area (Å²) >= 11 is 0. The molecule has 0 bridgehead atoms. The largest absolute Gasteiger partial charge is 0.392 e. The lowest BCUT2D eigenvalue weighted by molar-refractivity contribution is 0.0111. The average Bonchev–Trinajstić information content (AvgIpc) is 2.05. The number of ether oxygens (including phenoxy) is 1. The van der Waals surface area contributed by atoms with E-state index in [-0.39, 0.29) is 19.6 Å². The van der Waals surface area contributed by atoms with Crippen molar-refractivity contribution in [3.8, 4) is 0 Å². The summed E-state index contributed by atoms with van der Waals surface area (Å²) in [6.07, 6.45) is -1.06. The summed E-state index contributed by atoms with van der Waals surface area (Å²) in [6, 6.07) is 0. The third-order valence-corrected chi connectivity index (χ3v) is 1.39. The number of hydrogen-bond donors (Lipinski definition) is 4. The van der Waals surface area contributed by atoms with Crippen molar-refractivity contribution in [2.24, 2.45) is 11.5 Å². The van der Waals surface area contributed by atoms with Crippen molar-refractivity contribution in [2.75, 3.05) is 26.3 Å². The molecule has 0 saturated carbocycles. The number of aliphatic hydroxyl groups is 2. The van der Waals surface area contributed by atoms with E-state index in [1.54, 1.807) is 0 Å². The van der Waals surface area contributed by atoms with Crippen molar-refractivity contribution >= 4 is 0 Å². The summed E-state index contributed by atoms with van der Waals surface area (Å²) in [5.74, 6) is 0. The highest BCUT2D eigenvalue weighted by atomic mass is 16.5. The Balaban J connectivity index is 3.26. The van der Waals surface area contributed by atoms with Crippen LogP contribution in [0.25, 0.3) is 0 Å². The van der Waals surface area contributed by atoms with E-state index in [9.17, 15) is 5.11 Å². The summed E-state index contributed by atoms with van der Waals surface area (Å²) in [5.41, 5.74) is 10.3. The molecule has 0 aromatic heterocycles. The lowest BCUT2D eigenvalue weighted by Gasteiger charge is -2.13. The minimum atomic E-state index is -0.657. The molecule has 2 unspecified atom stereocenters. The number of rotatable bonds is 7. The smallest absolute Gasteiger partial charge is 0.0798 e. The Morgan fingerprint density at radius 2 is 1.83 bits per heavy atom. The predicted octanol–water partition coefficient (Wildman–Crippen LogP) is -1.97. The van der Waals surface area contributed by atoms with Crippen LogP contribution in [0.2, 0.25) is 0 Å². The molecule has 0 spiro atoms. The maximum atomic E-state index is 9.20. The van der Waals surface area contributed by atoms with Crippen molar-refractivity contribution in [2.45, 2.75) is 18.6 Å². The molecule has 0 rings (SSSR count). The molecular weight excluding hydrogens is 160 g/mol. The minimum Gasteiger partial charge on any atom is -0.392 e. The molecule has 12 heavy (non-hydrogen) atoms. The summed E-state index contributed by atoms with van der Waals surface area (Å²) < 4.78 is 4.96. The Hall–Kier alpha value is -0.200. The van der Waals surface area contributed by atoms with E-state index in [4.69, 9.17) is 21.3 Å². The third kappa shape index (κ3) is 6.51. The maximum absolute atomic E-state index is 9.20. The van der Waals surface area contributed by atoms with Crippen molar-refractivity contribution < 1.29 is 14.9 Å². The van der Waals surface area contributed by atoms with Gasteiger partial charge in [-0.3, -0.25) is 0 Å². The zero-order valence-electron chi connectivity index (χ0n) is 7.15. The molecular formula is C7H18N2O3. The van der Waals surface area contributed by atoms with Crippen LogP contribution >= 0.6 is 0 Å². The van der Waals surface area contributed by atoms with Gasteiger partial charge >= 0.3 is 0 Å². The van der Waals surface area contributed by atoms with Gasteiger partial charge in [0.15, 0.2) is 0 Å². The lowest BCUT2D eigenvalue weighted by atomic mass is 10.2. The predicted molar refractivity (Wildman–Crippen MR) is 45.6 cm³/mol. The van der Waals surface area contributed by atoms with Crippen LogP contribution in [0.4, 0.5) is 0 Å². The van der Waals surface area contributed by atoms with Crippen LogP contribution in [0.3, 0.4) is 0 Å². The van der Waals surface area contributed by atoms with Crippen molar-refractivity contribution in [3.05, 3.63) is 0 Å². The SMILES string of the molecule is NCCOCC(O)CC(O)CN. The van der Waals surface area contributed by atoms with Crippen molar-refractivity contribution in [1.29, 1.82) is 0 Å².